The third-order valence-corrected chi connectivity index (χ3v) is 6.62. The summed E-state index contributed by atoms with van der Waals surface area (Å²) in [7, 11) is 0. The highest BCUT2D eigenvalue weighted by molar-refractivity contribution is 6.31. The van der Waals surface area contributed by atoms with Crippen molar-refractivity contribution < 1.29 is 18.0 Å². The van der Waals surface area contributed by atoms with Crippen molar-refractivity contribution in [3.63, 3.8) is 0 Å². The number of pyridine rings is 1. The summed E-state index contributed by atoms with van der Waals surface area (Å²) < 4.78 is 40.3. The summed E-state index contributed by atoms with van der Waals surface area (Å²) in [4.78, 5) is 22.9. The Bertz CT molecular complexity index is 1350. The van der Waals surface area contributed by atoms with E-state index in [0.29, 0.717) is 35.7 Å². The zero-order valence-corrected chi connectivity index (χ0v) is 19.4. The van der Waals surface area contributed by atoms with Crippen LogP contribution >= 0.6 is 11.6 Å². The number of nitriles is 1. The van der Waals surface area contributed by atoms with Gasteiger partial charge in [0.1, 0.15) is 6.07 Å². The number of nitrogens with zero attached hydrogens (tertiary/aromatic N) is 8. The fraction of sp³-hybridized carbons (Fsp3) is 0.409. The SMILES string of the molecule is C[C@@H]1CN(c2c(C#N)cnc3ccc(Cl)cc23)CCN1C(=O)N1CCn2c(nnc2C(F)(F)F)C1. The zero-order valence-electron chi connectivity index (χ0n) is 18.6. The minimum atomic E-state index is -4.59. The number of benzene rings is 1. The minimum absolute atomic E-state index is 0.0213. The van der Waals surface area contributed by atoms with Crippen molar-refractivity contribution in [1.29, 1.82) is 5.26 Å². The molecule has 2 aromatic heterocycles. The highest BCUT2D eigenvalue weighted by atomic mass is 35.5. The second-order valence-corrected chi connectivity index (χ2v) is 9.01. The number of carbonyl (C=O) groups is 1. The van der Waals surface area contributed by atoms with E-state index in [-0.39, 0.29) is 37.5 Å². The molecule has 0 saturated carbocycles. The van der Waals surface area contributed by atoms with Crippen LogP contribution in [0.1, 0.15) is 24.1 Å². The van der Waals surface area contributed by atoms with Crippen LogP contribution in [0, 0.1) is 11.3 Å². The lowest BCUT2D eigenvalue weighted by molar-refractivity contribution is -0.147. The van der Waals surface area contributed by atoms with Gasteiger partial charge >= 0.3 is 12.2 Å². The summed E-state index contributed by atoms with van der Waals surface area (Å²) in [5.74, 6) is -0.929. The Hall–Kier alpha value is -3.59. The van der Waals surface area contributed by atoms with E-state index >= 15 is 0 Å². The lowest BCUT2D eigenvalue weighted by Gasteiger charge is -2.43. The molecule has 0 N–H and O–H groups in total. The molecule has 35 heavy (non-hydrogen) atoms. The second-order valence-electron chi connectivity index (χ2n) is 8.58. The van der Waals surface area contributed by atoms with Crippen LogP contribution in [0.3, 0.4) is 0 Å². The summed E-state index contributed by atoms with van der Waals surface area (Å²) in [6.07, 6.45) is -3.06. The smallest absolute Gasteiger partial charge is 0.366 e. The average molecular weight is 505 g/mol. The molecule has 1 atom stereocenters. The van der Waals surface area contributed by atoms with Crippen molar-refractivity contribution >= 4 is 34.2 Å². The zero-order chi connectivity index (χ0) is 24.9. The quantitative estimate of drug-likeness (QED) is 0.503. The van der Waals surface area contributed by atoms with Gasteiger partial charge in [0.05, 0.1) is 23.3 Å². The van der Waals surface area contributed by atoms with E-state index in [2.05, 4.69) is 26.2 Å². The minimum Gasteiger partial charge on any atom is -0.366 e. The van der Waals surface area contributed by atoms with Gasteiger partial charge in [-0.25, -0.2) is 4.79 Å². The molecule has 2 amide bonds. The van der Waals surface area contributed by atoms with Crippen LogP contribution in [0.25, 0.3) is 10.9 Å². The van der Waals surface area contributed by atoms with E-state index in [0.717, 1.165) is 15.6 Å². The van der Waals surface area contributed by atoms with Crippen LogP contribution in [0.15, 0.2) is 24.4 Å². The largest absolute Gasteiger partial charge is 0.451 e. The maximum Gasteiger partial charge on any atom is 0.451 e. The molecule has 1 saturated heterocycles. The number of rotatable bonds is 1. The first-order valence-corrected chi connectivity index (χ1v) is 11.3. The molecule has 2 aliphatic heterocycles. The van der Waals surface area contributed by atoms with Gasteiger partial charge in [-0.15, -0.1) is 10.2 Å². The van der Waals surface area contributed by atoms with Crippen molar-refractivity contribution in [3.05, 3.63) is 46.6 Å². The van der Waals surface area contributed by atoms with Crippen LogP contribution in [-0.2, 0) is 19.3 Å². The van der Waals surface area contributed by atoms with Gasteiger partial charge in [0.15, 0.2) is 5.82 Å². The Morgan fingerprint density at radius 3 is 2.71 bits per heavy atom. The molecule has 4 heterocycles. The van der Waals surface area contributed by atoms with Crippen molar-refractivity contribution in [1.82, 2.24) is 29.5 Å². The van der Waals surface area contributed by atoms with Gasteiger partial charge in [-0.3, -0.25) is 4.98 Å². The number of fused-ring (bicyclic) bond motifs is 2. The molecule has 0 radical (unpaired) electrons. The molecule has 3 aromatic rings. The number of urea groups is 1. The van der Waals surface area contributed by atoms with Crippen LogP contribution in [0.4, 0.5) is 23.7 Å². The number of amides is 2. The van der Waals surface area contributed by atoms with Gasteiger partial charge < -0.3 is 19.3 Å². The maximum absolute atomic E-state index is 13.3. The topological polar surface area (TPSA) is 94.2 Å². The van der Waals surface area contributed by atoms with Crippen LogP contribution in [-0.4, -0.2) is 67.8 Å². The standard InChI is InChI=1S/C22H20ClF3N8O/c1-13-11-31(19-14(9-27)10-28-17-3-2-15(23)8-16(17)19)4-6-33(13)21(35)32-5-7-34-18(12-32)29-30-20(34)22(24,25)26/h2-3,8,10,13H,4-7,11-12H2,1H3/t13-/m1/s1. The number of alkyl halides is 3. The Kier molecular flexibility index (Phi) is 5.67. The molecule has 13 heteroatoms. The number of hydrogen-bond donors (Lipinski definition) is 0. The predicted octanol–water partition coefficient (Wildman–Crippen LogP) is 3.52. The molecule has 1 fully saturated rings. The van der Waals surface area contributed by atoms with E-state index in [1.165, 1.54) is 11.1 Å². The molecule has 2 aliphatic rings. The van der Waals surface area contributed by atoms with Gasteiger partial charge in [0.25, 0.3) is 0 Å². The molecule has 0 spiro atoms. The summed E-state index contributed by atoms with van der Waals surface area (Å²) >= 11 is 6.21. The first kappa shape index (κ1) is 23.2. The Labute approximate surface area is 203 Å². The first-order valence-electron chi connectivity index (χ1n) is 11.0. The molecular weight excluding hydrogens is 485 g/mol. The number of aromatic nitrogens is 4. The van der Waals surface area contributed by atoms with Crippen LogP contribution in [0.5, 0.6) is 0 Å². The molecule has 0 aliphatic carbocycles. The van der Waals surface area contributed by atoms with E-state index in [4.69, 9.17) is 11.6 Å². The highest BCUT2D eigenvalue weighted by Gasteiger charge is 2.41. The molecule has 9 nitrogen and oxygen atoms in total. The number of piperazine rings is 1. The summed E-state index contributed by atoms with van der Waals surface area (Å²) in [5.41, 5.74) is 1.86. The molecule has 0 unspecified atom stereocenters. The Morgan fingerprint density at radius 1 is 1.20 bits per heavy atom. The third-order valence-electron chi connectivity index (χ3n) is 6.39. The van der Waals surface area contributed by atoms with E-state index < -0.39 is 12.0 Å². The van der Waals surface area contributed by atoms with Crippen molar-refractivity contribution in [2.45, 2.75) is 32.2 Å². The fourth-order valence-electron chi connectivity index (χ4n) is 4.73. The number of anilines is 1. The monoisotopic (exact) mass is 504 g/mol. The number of halogens is 4. The van der Waals surface area contributed by atoms with E-state index in [1.807, 2.05) is 6.92 Å². The summed E-state index contributed by atoms with van der Waals surface area (Å²) in [5, 5.41) is 17.9. The highest BCUT2D eigenvalue weighted by Crippen LogP contribution is 2.33. The van der Waals surface area contributed by atoms with Crippen molar-refractivity contribution in [3.8, 4) is 6.07 Å². The Balaban J connectivity index is 1.34. The fourth-order valence-corrected chi connectivity index (χ4v) is 4.90. The Morgan fingerprint density at radius 2 is 2.00 bits per heavy atom. The van der Waals surface area contributed by atoms with Crippen LogP contribution < -0.4 is 4.90 Å². The number of carbonyl (C=O) groups excluding carboxylic acids is 1. The normalized spacial score (nSPS) is 18.5. The second kappa shape index (κ2) is 8.57. The lowest BCUT2D eigenvalue weighted by Crippen LogP contribution is -2.58. The van der Waals surface area contributed by atoms with E-state index in [1.54, 1.807) is 23.1 Å². The molecular formula is C22H20ClF3N8O. The van der Waals surface area contributed by atoms with Gasteiger partial charge in [-0.2, -0.15) is 18.4 Å². The summed E-state index contributed by atoms with van der Waals surface area (Å²) in [6.45, 7) is 3.29. The molecule has 182 valence electrons. The molecule has 0 bridgehead atoms. The first-order chi connectivity index (χ1) is 16.7. The lowest BCUT2D eigenvalue weighted by atomic mass is 10.1. The maximum atomic E-state index is 13.3. The van der Waals surface area contributed by atoms with Gasteiger partial charge in [-0.1, -0.05) is 11.6 Å². The van der Waals surface area contributed by atoms with Crippen LogP contribution in [0.2, 0.25) is 5.02 Å². The predicted molar refractivity (Wildman–Crippen MR) is 121 cm³/mol. The van der Waals surface area contributed by atoms with Gasteiger partial charge in [-0.05, 0) is 25.1 Å². The van der Waals surface area contributed by atoms with Crippen molar-refractivity contribution in [2.24, 2.45) is 0 Å². The average Bonchev–Trinajstić information content (AvgIpc) is 3.26. The van der Waals surface area contributed by atoms with Gasteiger partial charge in [0, 0.05) is 55.4 Å². The van der Waals surface area contributed by atoms with E-state index in [9.17, 15) is 23.2 Å². The third kappa shape index (κ3) is 4.10. The molecule has 1 aromatic carbocycles. The summed E-state index contributed by atoms with van der Waals surface area (Å²) in [6, 6.07) is 7.04. The number of hydrogen-bond acceptors (Lipinski definition) is 6. The van der Waals surface area contributed by atoms with Crippen molar-refractivity contribution in [2.75, 3.05) is 31.1 Å². The molecule has 5 rings (SSSR count). The van der Waals surface area contributed by atoms with Gasteiger partial charge in [0.2, 0.25) is 5.82 Å².